The van der Waals surface area contributed by atoms with Crippen LogP contribution < -0.4 is 15.5 Å². The van der Waals surface area contributed by atoms with Crippen LogP contribution in [0, 0.1) is 0 Å². The van der Waals surface area contributed by atoms with Gasteiger partial charge in [0.05, 0.1) is 11.8 Å². The van der Waals surface area contributed by atoms with Crippen LogP contribution in [0.5, 0.6) is 0 Å². The number of piperazine rings is 1. The van der Waals surface area contributed by atoms with E-state index in [2.05, 4.69) is 25.0 Å². The summed E-state index contributed by atoms with van der Waals surface area (Å²) in [6.45, 7) is 1.58. The number of halogens is 3. The molecule has 4 aromatic rings. The summed E-state index contributed by atoms with van der Waals surface area (Å²) in [6.07, 6.45) is -0.317. The van der Waals surface area contributed by atoms with Crippen molar-refractivity contribution in [1.29, 1.82) is 0 Å². The molecule has 0 aromatic carbocycles. The molecular formula is C23H23F3N10O2. The molecule has 2 aliphatic rings. The highest BCUT2D eigenvalue weighted by atomic mass is 19.4. The lowest BCUT2D eigenvalue weighted by atomic mass is 10.1. The minimum atomic E-state index is -4.51. The number of nitrogens with two attached hydrogens (primary N) is 1. The van der Waals surface area contributed by atoms with Crippen LogP contribution in [0.2, 0.25) is 0 Å². The Labute approximate surface area is 213 Å². The Morgan fingerprint density at radius 3 is 2.61 bits per heavy atom. The summed E-state index contributed by atoms with van der Waals surface area (Å²) in [5.74, 6) is 1.08. The van der Waals surface area contributed by atoms with Crippen LogP contribution in [-0.4, -0.2) is 79.1 Å². The molecule has 0 bridgehead atoms. The first-order valence-corrected chi connectivity index (χ1v) is 12.1. The van der Waals surface area contributed by atoms with Gasteiger partial charge in [0.1, 0.15) is 11.9 Å². The molecule has 12 nitrogen and oxygen atoms in total. The van der Waals surface area contributed by atoms with Crippen molar-refractivity contribution in [3.8, 4) is 11.6 Å². The van der Waals surface area contributed by atoms with Gasteiger partial charge in [0, 0.05) is 38.9 Å². The number of amides is 1. The van der Waals surface area contributed by atoms with Crippen molar-refractivity contribution in [3.05, 3.63) is 42.3 Å². The Hall–Kier alpha value is -4.43. The summed E-state index contributed by atoms with van der Waals surface area (Å²) in [6, 6.07) is 5.20. The fraction of sp³-hybridized carbons (Fsp3) is 0.391. The van der Waals surface area contributed by atoms with Crippen LogP contribution in [-0.2, 0) is 11.0 Å². The second-order valence-corrected chi connectivity index (χ2v) is 9.04. The van der Waals surface area contributed by atoms with E-state index in [1.54, 1.807) is 26.8 Å². The lowest BCUT2D eigenvalue weighted by molar-refractivity contribution is -0.137. The molecule has 2 fully saturated rings. The summed E-state index contributed by atoms with van der Waals surface area (Å²) in [5, 5.41) is 4.29. The molecule has 15 heteroatoms. The Kier molecular flexibility index (Phi) is 5.76. The molecule has 38 heavy (non-hydrogen) atoms. The van der Waals surface area contributed by atoms with Crippen LogP contribution >= 0.6 is 0 Å². The van der Waals surface area contributed by atoms with E-state index in [0.29, 0.717) is 24.6 Å². The van der Waals surface area contributed by atoms with Gasteiger partial charge in [-0.2, -0.15) is 32.6 Å². The second-order valence-electron chi connectivity index (χ2n) is 9.04. The van der Waals surface area contributed by atoms with Gasteiger partial charge in [-0.25, -0.2) is 4.98 Å². The molecule has 198 valence electrons. The average Bonchev–Trinajstić information content (AvgIpc) is 3.68. The number of carbonyl (C=O) groups excluding carboxylic acids is 1. The Bertz CT molecular complexity index is 1460. The Balaban J connectivity index is 1.18. The molecule has 0 spiro atoms. The fourth-order valence-corrected chi connectivity index (χ4v) is 4.92. The maximum absolute atomic E-state index is 13.5. The van der Waals surface area contributed by atoms with Crippen molar-refractivity contribution >= 4 is 29.4 Å². The van der Waals surface area contributed by atoms with E-state index in [9.17, 15) is 18.0 Å². The number of fused-ring (bicyclic) bond motifs is 1. The summed E-state index contributed by atoms with van der Waals surface area (Å²) >= 11 is 0. The molecule has 2 saturated heterocycles. The third-order valence-electron chi connectivity index (χ3n) is 6.74. The van der Waals surface area contributed by atoms with E-state index in [0.717, 1.165) is 12.5 Å². The van der Waals surface area contributed by atoms with E-state index >= 15 is 0 Å². The molecule has 1 amide bonds. The van der Waals surface area contributed by atoms with Gasteiger partial charge < -0.3 is 24.9 Å². The topological polar surface area (TPSA) is 135 Å². The molecule has 2 aliphatic heterocycles. The molecule has 6 heterocycles. The van der Waals surface area contributed by atoms with Gasteiger partial charge in [-0.15, -0.1) is 5.10 Å². The zero-order chi connectivity index (χ0) is 26.4. The fourth-order valence-electron chi connectivity index (χ4n) is 4.92. The van der Waals surface area contributed by atoms with E-state index < -0.39 is 17.8 Å². The number of alkyl halides is 3. The third-order valence-corrected chi connectivity index (χ3v) is 6.74. The monoisotopic (exact) mass is 528 g/mol. The third kappa shape index (κ3) is 4.22. The van der Waals surface area contributed by atoms with Crippen molar-refractivity contribution in [2.75, 3.05) is 48.3 Å². The minimum absolute atomic E-state index is 0.0675. The molecule has 0 saturated carbocycles. The SMILES string of the molecule is Nc1nc(N2CCC[C@H]2C(=O)N2CCN(c3ncccc3C(F)(F)F)CC2)nc2nc(-c3ccco3)nn12. The predicted octanol–water partition coefficient (Wildman–Crippen LogP) is 2.09. The number of hydrogen-bond donors (Lipinski definition) is 1. The van der Waals surface area contributed by atoms with Crippen molar-refractivity contribution < 1.29 is 22.4 Å². The summed E-state index contributed by atoms with van der Waals surface area (Å²) < 4.78 is 47.0. The zero-order valence-electron chi connectivity index (χ0n) is 20.0. The van der Waals surface area contributed by atoms with Gasteiger partial charge >= 0.3 is 6.18 Å². The molecular weight excluding hydrogens is 505 g/mol. The predicted molar refractivity (Wildman–Crippen MR) is 129 cm³/mol. The van der Waals surface area contributed by atoms with E-state index in [1.165, 1.54) is 23.0 Å². The molecule has 1 atom stereocenters. The smallest absolute Gasteiger partial charge is 0.419 e. The highest BCUT2D eigenvalue weighted by Gasteiger charge is 2.39. The standard InChI is InChI=1S/C23H23F3N10O2/c24-23(25,26)14-4-1-7-28-18(14)33-9-11-34(12-10-33)19(37)15-5-2-8-35(15)21-30-20(27)36-22(31-21)29-17(32-36)16-6-3-13-38-16/h1,3-4,6-7,13,15H,2,5,8-12H2,(H2,27,29,30,31,32)/t15-/m0/s1. The number of hydrogen-bond acceptors (Lipinski definition) is 10. The van der Waals surface area contributed by atoms with Crippen LogP contribution in [0.3, 0.4) is 0 Å². The number of anilines is 3. The maximum atomic E-state index is 13.5. The number of aromatic nitrogens is 6. The van der Waals surface area contributed by atoms with Gasteiger partial charge in [0.25, 0.3) is 5.78 Å². The summed E-state index contributed by atoms with van der Waals surface area (Å²) in [7, 11) is 0. The largest absolute Gasteiger partial charge is 0.461 e. The number of carbonyl (C=O) groups is 1. The van der Waals surface area contributed by atoms with Gasteiger partial charge in [-0.3, -0.25) is 4.79 Å². The second kappa shape index (κ2) is 9.15. The highest BCUT2D eigenvalue weighted by molar-refractivity contribution is 5.85. The molecule has 6 rings (SSSR count). The molecule has 0 radical (unpaired) electrons. The van der Waals surface area contributed by atoms with Crippen molar-refractivity contribution in [2.24, 2.45) is 0 Å². The molecule has 4 aromatic heterocycles. The van der Waals surface area contributed by atoms with Crippen molar-refractivity contribution in [2.45, 2.75) is 25.1 Å². The number of nitrogens with zero attached hydrogens (tertiary/aromatic N) is 9. The lowest BCUT2D eigenvalue weighted by Gasteiger charge is -2.38. The highest BCUT2D eigenvalue weighted by Crippen LogP contribution is 2.35. The summed E-state index contributed by atoms with van der Waals surface area (Å²) in [5.41, 5.74) is 5.35. The van der Waals surface area contributed by atoms with E-state index in [-0.39, 0.29) is 55.6 Å². The van der Waals surface area contributed by atoms with Crippen LogP contribution in [0.15, 0.2) is 41.1 Å². The number of nitrogen functional groups attached to an aromatic ring is 1. The van der Waals surface area contributed by atoms with Crippen LogP contribution in [0.25, 0.3) is 17.4 Å². The van der Waals surface area contributed by atoms with Gasteiger partial charge in [-0.1, -0.05) is 0 Å². The average molecular weight is 528 g/mol. The normalized spacial score (nSPS) is 18.5. The number of pyridine rings is 1. The summed E-state index contributed by atoms with van der Waals surface area (Å²) in [4.78, 5) is 35.8. The maximum Gasteiger partial charge on any atom is 0.419 e. The minimum Gasteiger partial charge on any atom is -0.461 e. The number of furan rings is 1. The number of rotatable bonds is 4. The quantitative estimate of drug-likeness (QED) is 0.420. The first-order valence-electron chi connectivity index (χ1n) is 12.1. The first-order chi connectivity index (χ1) is 18.3. The van der Waals surface area contributed by atoms with Gasteiger partial charge in [0.2, 0.25) is 23.6 Å². The Morgan fingerprint density at radius 1 is 1.05 bits per heavy atom. The molecule has 0 aliphatic carbocycles. The van der Waals surface area contributed by atoms with Gasteiger partial charge in [0.15, 0.2) is 5.76 Å². The molecule has 0 unspecified atom stereocenters. The first kappa shape index (κ1) is 23.9. The van der Waals surface area contributed by atoms with Crippen LogP contribution in [0.4, 0.5) is 30.9 Å². The lowest BCUT2D eigenvalue weighted by Crippen LogP contribution is -2.54. The zero-order valence-corrected chi connectivity index (χ0v) is 20.0. The van der Waals surface area contributed by atoms with E-state index in [1.807, 2.05) is 0 Å². The van der Waals surface area contributed by atoms with Crippen LogP contribution in [0.1, 0.15) is 18.4 Å². The Morgan fingerprint density at radius 2 is 1.87 bits per heavy atom. The van der Waals surface area contributed by atoms with Crippen molar-refractivity contribution in [3.63, 3.8) is 0 Å². The van der Waals surface area contributed by atoms with Crippen molar-refractivity contribution in [1.82, 2.24) is 34.4 Å². The molecule has 2 N–H and O–H groups in total. The van der Waals surface area contributed by atoms with E-state index in [4.69, 9.17) is 10.2 Å². The van der Waals surface area contributed by atoms with Gasteiger partial charge in [-0.05, 0) is 37.1 Å².